The highest BCUT2D eigenvalue weighted by molar-refractivity contribution is 5.88. The summed E-state index contributed by atoms with van der Waals surface area (Å²) in [4.78, 5) is 11.4. The van der Waals surface area contributed by atoms with Crippen LogP contribution in [-0.4, -0.2) is 18.5 Å². The molecule has 82 valence electrons. The summed E-state index contributed by atoms with van der Waals surface area (Å²) in [6.45, 7) is 8.55. The molecule has 0 fully saturated rings. The van der Waals surface area contributed by atoms with Gasteiger partial charge in [0.2, 0.25) is 5.91 Å². The maximum atomic E-state index is 11.4. The molecule has 0 radical (unpaired) electrons. The Bertz CT molecular complexity index is 205. The zero-order valence-corrected chi connectivity index (χ0v) is 9.63. The lowest BCUT2D eigenvalue weighted by Gasteiger charge is -2.17. The van der Waals surface area contributed by atoms with Crippen molar-refractivity contribution in [3.8, 4) is 0 Å². The number of carbonyl (C=O) groups excluding carboxylic acids is 1. The molecule has 0 spiro atoms. The van der Waals surface area contributed by atoms with Crippen LogP contribution in [0, 0.1) is 5.92 Å². The molecule has 3 heteroatoms. The Balaban J connectivity index is 4.05. The molecule has 1 unspecified atom stereocenters. The summed E-state index contributed by atoms with van der Waals surface area (Å²) in [6.07, 6.45) is 2.53. The van der Waals surface area contributed by atoms with Crippen molar-refractivity contribution < 1.29 is 4.79 Å². The van der Waals surface area contributed by atoms with Crippen LogP contribution in [0.5, 0.6) is 0 Å². The predicted molar refractivity (Wildman–Crippen MR) is 59.9 cm³/mol. The maximum Gasteiger partial charge on any atom is 0.244 e. The first kappa shape index (κ1) is 13.2. The monoisotopic (exact) mass is 198 g/mol. The standard InChI is InChI=1S/C11H22N2O/c1-8(2)5-10(7-12)13-11(14)6-9(3)4/h6,8,10H,5,7,12H2,1-4H3,(H,13,14). The quantitative estimate of drug-likeness (QED) is 0.657. The lowest BCUT2D eigenvalue weighted by Crippen LogP contribution is -2.40. The summed E-state index contributed by atoms with van der Waals surface area (Å²) in [5.74, 6) is 0.511. The molecule has 0 aliphatic carbocycles. The molecule has 0 saturated carbocycles. The molecule has 0 rings (SSSR count). The highest BCUT2D eigenvalue weighted by atomic mass is 16.1. The van der Waals surface area contributed by atoms with Crippen molar-refractivity contribution in [2.45, 2.75) is 40.2 Å². The lowest BCUT2D eigenvalue weighted by molar-refractivity contribution is -0.117. The van der Waals surface area contributed by atoms with E-state index in [2.05, 4.69) is 19.2 Å². The topological polar surface area (TPSA) is 55.1 Å². The Morgan fingerprint density at radius 1 is 1.43 bits per heavy atom. The van der Waals surface area contributed by atoms with Crippen LogP contribution >= 0.6 is 0 Å². The SMILES string of the molecule is CC(C)=CC(=O)NC(CN)CC(C)C. The number of rotatable bonds is 5. The van der Waals surface area contributed by atoms with Crippen LogP contribution in [0.3, 0.4) is 0 Å². The van der Waals surface area contributed by atoms with E-state index >= 15 is 0 Å². The number of carbonyl (C=O) groups is 1. The van der Waals surface area contributed by atoms with Crippen LogP contribution in [0.2, 0.25) is 0 Å². The Morgan fingerprint density at radius 3 is 2.36 bits per heavy atom. The van der Waals surface area contributed by atoms with Gasteiger partial charge in [0.25, 0.3) is 0 Å². The van der Waals surface area contributed by atoms with Crippen LogP contribution in [0.4, 0.5) is 0 Å². The van der Waals surface area contributed by atoms with E-state index in [9.17, 15) is 4.79 Å². The van der Waals surface area contributed by atoms with Crippen LogP contribution in [0.15, 0.2) is 11.6 Å². The number of hydrogen-bond donors (Lipinski definition) is 2. The van der Waals surface area contributed by atoms with Gasteiger partial charge in [-0.15, -0.1) is 0 Å². The third-order valence-electron chi connectivity index (χ3n) is 1.81. The molecule has 0 aromatic rings. The smallest absolute Gasteiger partial charge is 0.244 e. The zero-order valence-electron chi connectivity index (χ0n) is 9.63. The molecule has 3 nitrogen and oxygen atoms in total. The van der Waals surface area contributed by atoms with Gasteiger partial charge in [-0.1, -0.05) is 19.4 Å². The third kappa shape index (κ3) is 6.66. The van der Waals surface area contributed by atoms with Gasteiger partial charge in [-0.3, -0.25) is 4.79 Å². The van der Waals surface area contributed by atoms with Crippen molar-refractivity contribution in [2.24, 2.45) is 11.7 Å². The van der Waals surface area contributed by atoms with Gasteiger partial charge in [0.1, 0.15) is 0 Å². The first-order chi connectivity index (χ1) is 6.45. The Hall–Kier alpha value is -0.830. The largest absolute Gasteiger partial charge is 0.349 e. The predicted octanol–water partition coefficient (Wildman–Crippen LogP) is 1.44. The van der Waals surface area contributed by atoms with E-state index in [1.807, 2.05) is 13.8 Å². The molecule has 1 atom stereocenters. The minimum absolute atomic E-state index is 0.0406. The van der Waals surface area contributed by atoms with E-state index in [4.69, 9.17) is 5.73 Å². The Morgan fingerprint density at radius 2 is 2.00 bits per heavy atom. The van der Waals surface area contributed by atoms with Crippen molar-refractivity contribution in [1.82, 2.24) is 5.32 Å². The molecule has 1 amide bonds. The molecule has 0 bridgehead atoms. The molecule has 0 aliphatic rings. The van der Waals surface area contributed by atoms with Crippen molar-refractivity contribution in [3.05, 3.63) is 11.6 Å². The van der Waals surface area contributed by atoms with Crippen molar-refractivity contribution in [3.63, 3.8) is 0 Å². The molecule has 0 aromatic heterocycles. The molecular weight excluding hydrogens is 176 g/mol. The average molecular weight is 198 g/mol. The van der Waals surface area contributed by atoms with E-state index in [1.54, 1.807) is 6.08 Å². The average Bonchev–Trinajstić information content (AvgIpc) is 2.00. The summed E-state index contributed by atoms with van der Waals surface area (Å²) >= 11 is 0. The lowest BCUT2D eigenvalue weighted by atomic mass is 10.0. The number of nitrogens with two attached hydrogens (primary N) is 1. The van der Waals surface area contributed by atoms with Gasteiger partial charge < -0.3 is 11.1 Å². The summed E-state index contributed by atoms with van der Waals surface area (Å²) in [5.41, 5.74) is 6.57. The van der Waals surface area contributed by atoms with E-state index in [-0.39, 0.29) is 11.9 Å². The minimum Gasteiger partial charge on any atom is -0.349 e. The second-order valence-corrected chi connectivity index (χ2v) is 4.29. The second-order valence-electron chi connectivity index (χ2n) is 4.29. The number of nitrogens with one attached hydrogen (secondary N) is 1. The van der Waals surface area contributed by atoms with Gasteiger partial charge in [-0.2, -0.15) is 0 Å². The van der Waals surface area contributed by atoms with Gasteiger partial charge in [-0.25, -0.2) is 0 Å². The Kier molecular flexibility index (Phi) is 6.21. The normalized spacial score (nSPS) is 12.4. The van der Waals surface area contributed by atoms with E-state index in [1.165, 1.54) is 0 Å². The van der Waals surface area contributed by atoms with Gasteiger partial charge >= 0.3 is 0 Å². The number of allylic oxidation sites excluding steroid dienone is 1. The Labute approximate surface area is 86.8 Å². The highest BCUT2D eigenvalue weighted by Crippen LogP contribution is 2.03. The van der Waals surface area contributed by atoms with Crippen LogP contribution in [0.25, 0.3) is 0 Å². The second kappa shape index (κ2) is 6.60. The van der Waals surface area contributed by atoms with Gasteiger partial charge in [0.05, 0.1) is 0 Å². The van der Waals surface area contributed by atoms with Gasteiger partial charge in [0, 0.05) is 18.7 Å². The van der Waals surface area contributed by atoms with Crippen molar-refractivity contribution >= 4 is 5.91 Å². The van der Waals surface area contributed by atoms with Crippen molar-refractivity contribution in [1.29, 1.82) is 0 Å². The number of hydrogen-bond acceptors (Lipinski definition) is 2. The van der Waals surface area contributed by atoms with E-state index < -0.39 is 0 Å². The van der Waals surface area contributed by atoms with Crippen LogP contribution < -0.4 is 11.1 Å². The first-order valence-corrected chi connectivity index (χ1v) is 5.11. The molecule has 0 aliphatic heterocycles. The van der Waals surface area contributed by atoms with Crippen molar-refractivity contribution in [2.75, 3.05) is 6.54 Å². The maximum absolute atomic E-state index is 11.4. The van der Waals surface area contributed by atoms with E-state index in [0.29, 0.717) is 12.5 Å². The summed E-state index contributed by atoms with van der Waals surface area (Å²) in [7, 11) is 0. The molecule has 0 heterocycles. The highest BCUT2D eigenvalue weighted by Gasteiger charge is 2.10. The molecule has 3 N–H and O–H groups in total. The molecule has 0 aromatic carbocycles. The fourth-order valence-electron chi connectivity index (χ4n) is 1.29. The fraction of sp³-hybridized carbons (Fsp3) is 0.727. The summed E-state index contributed by atoms with van der Waals surface area (Å²) in [5, 5.41) is 2.89. The minimum atomic E-state index is -0.0406. The third-order valence-corrected chi connectivity index (χ3v) is 1.81. The summed E-state index contributed by atoms with van der Waals surface area (Å²) < 4.78 is 0. The zero-order chi connectivity index (χ0) is 11.1. The fourth-order valence-corrected chi connectivity index (χ4v) is 1.29. The first-order valence-electron chi connectivity index (χ1n) is 5.11. The summed E-state index contributed by atoms with van der Waals surface area (Å²) in [6, 6.07) is 0.0955. The van der Waals surface area contributed by atoms with Crippen LogP contribution in [-0.2, 0) is 4.79 Å². The molecular formula is C11H22N2O. The van der Waals surface area contributed by atoms with Crippen LogP contribution in [0.1, 0.15) is 34.1 Å². The van der Waals surface area contributed by atoms with Gasteiger partial charge in [0.15, 0.2) is 0 Å². The van der Waals surface area contributed by atoms with E-state index in [0.717, 1.165) is 12.0 Å². The number of amides is 1. The molecule has 0 saturated heterocycles. The molecule has 14 heavy (non-hydrogen) atoms. The van der Waals surface area contributed by atoms with Gasteiger partial charge in [-0.05, 0) is 26.2 Å².